The number of fused-ring (bicyclic) bond motifs is 5. The first-order valence-electron chi connectivity index (χ1n) is 8.46. The van der Waals surface area contributed by atoms with Crippen molar-refractivity contribution in [3.05, 3.63) is 47.0 Å². The molecule has 7 heteroatoms. The standard InChI is InChI=1S/C19H20O5S.Na/c1-19-9-8-15-14-4-2-12(11-24-25(21,22)23)10-13(14)3-5-16(15)17(19)6-7-18(19)20;/h2-5,10,17H,6-9,11H2,1H3,(H,21,22,23);/q;+1/p-1/t17-,19-;/m0./s1. The summed E-state index contributed by atoms with van der Waals surface area (Å²) in [5, 5.41) is 2.13. The smallest absolute Gasteiger partial charge is 0.726 e. The topological polar surface area (TPSA) is 83.5 Å². The number of carbonyl (C=O) groups is 1. The van der Waals surface area contributed by atoms with E-state index in [2.05, 4.69) is 17.2 Å². The fourth-order valence-electron chi connectivity index (χ4n) is 4.57. The molecule has 132 valence electrons. The van der Waals surface area contributed by atoms with Crippen LogP contribution in [-0.4, -0.2) is 18.8 Å². The number of carbonyl (C=O) groups excluding carboxylic acids is 1. The average molecular weight is 382 g/mol. The summed E-state index contributed by atoms with van der Waals surface area (Å²) >= 11 is 0. The minimum atomic E-state index is -4.69. The molecule has 0 aromatic heterocycles. The van der Waals surface area contributed by atoms with Crippen LogP contribution in [0.15, 0.2) is 30.3 Å². The SMILES string of the molecule is C[C@]12CCc3c(ccc4cc(COS(=O)(=O)[O-])ccc34)[C@@H]1CCC2=O.[Na+]. The van der Waals surface area contributed by atoms with Crippen LogP contribution in [0.25, 0.3) is 10.8 Å². The second-order valence-electron chi connectivity index (χ2n) is 7.29. The van der Waals surface area contributed by atoms with E-state index < -0.39 is 10.4 Å². The van der Waals surface area contributed by atoms with E-state index in [1.807, 2.05) is 18.2 Å². The Bertz CT molecular complexity index is 985. The van der Waals surface area contributed by atoms with Crippen LogP contribution >= 0.6 is 0 Å². The number of Topliss-reactive ketones (excluding diaryl/α,β-unsaturated/α-hetero) is 1. The van der Waals surface area contributed by atoms with Crippen LogP contribution in [0.5, 0.6) is 0 Å². The molecule has 2 aliphatic carbocycles. The van der Waals surface area contributed by atoms with Crippen LogP contribution in [0.4, 0.5) is 0 Å². The first-order chi connectivity index (χ1) is 11.8. The molecule has 4 rings (SSSR count). The van der Waals surface area contributed by atoms with E-state index >= 15 is 0 Å². The zero-order valence-corrected chi connectivity index (χ0v) is 17.8. The van der Waals surface area contributed by atoms with Crippen molar-refractivity contribution in [3.8, 4) is 0 Å². The normalized spacial score (nSPS) is 24.8. The van der Waals surface area contributed by atoms with Gasteiger partial charge in [0.15, 0.2) is 0 Å². The third-order valence-electron chi connectivity index (χ3n) is 5.94. The fourth-order valence-corrected chi connectivity index (χ4v) is 4.85. The third-order valence-corrected chi connectivity index (χ3v) is 6.34. The van der Waals surface area contributed by atoms with Gasteiger partial charge in [0.1, 0.15) is 5.78 Å². The number of hydrogen-bond donors (Lipinski definition) is 0. The number of aryl methyl sites for hydroxylation is 1. The van der Waals surface area contributed by atoms with Gasteiger partial charge in [0.25, 0.3) is 0 Å². The molecular weight excluding hydrogens is 363 g/mol. The largest absolute Gasteiger partial charge is 1.00 e. The maximum Gasteiger partial charge on any atom is 1.00 e. The Kier molecular flexibility index (Phi) is 5.38. The molecule has 1 fully saturated rings. The summed E-state index contributed by atoms with van der Waals surface area (Å²) in [5.41, 5.74) is 2.98. The molecule has 0 saturated heterocycles. The van der Waals surface area contributed by atoms with Gasteiger partial charge in [-0.1, -0.05) is 31.2 Å². The van der Waals surface area contributed by atoms with Gasteiger partial charge >= 0.3 is 29.6 Å². The molecule has 0 heterocycles. The molecule has 1 saturated carbocycles. The van der Waals surface area contributed by atoms with E-state index in [0.717, 1.165) is 30.0 Å². The van der Waals surface area contributed by atoms with Crippen molar-refractivity contribution in [2.45, 2.75) is 45.1 Å². The summed E-state index contributed by atoms with van der Waals surface area (Å²) in [6.45, 7) is 1.85. The first kappa shape index (κ1) is 20.0. The van der Waals surface area contributed by atoms with Crippen molar-refractivity contribution < 1.29 is 51.5 Å². The molecule has 2 aromatic rings. The van der Waals surface area contributed by atoms with E-state index in [0.29, 0.717) is 23.7 Å². The van der Waals surface area contributed by atoms with Crippen LogP contribution in [0.2, 0.25) is 0 Å². The maximum atomic E-state index is 12.3. The Morgan fingerprint density at radius 3 is 2.73 bits per heavy atom. The summed E-state index contributed by atoms with van der Waals surface area (Å²) in [7, 11) is -4.69. The summed E-state index contributed by atoms with van der Waals surface area (Å²) in [6, 6.07) is 9.73. The van der Waals surface area contributed by atoms with E-state index in [1.54, 1.807) is 6.07 Å². The van der Waals surface area contributed by atoms with Gasteiger partial charge < -0.3 is 4.55 Å². The molecule has 0 N–H and O–H groups in total. The molecule has 0 radical (unpaired) electrons. The second-order valence-corrected chi connectivity index (χ2v) is 8.34. The van der Waals surface area contributed by atoms with Crippen LogP contribution in [0.3, 0.4) is 0 Å². The van der Waals surface area contributed by atoms with Crippen molar-refractivity contribution in [2.24, 2.45) is 5.41 Å². The summed E-state index contributed by atoms with van der Waals surface area (Å²) < 4.78 is 36.2. The van der Waals surface area contributed by atoms with Crippen molar-refractivity contribution in [1.82, 2.24) is 0 Å². The monoisotopic (exact) mass is 382 g/mol. The minimum Gasteiger partial charge on any atom is -0.726 e. The van der Waals surface area contributed by atoms with Gasteiger partial charge in [0.2, 0.25) is 10.4 Å². The molecule has 2 aliphatic rings. The molecular formula is C19H19NaO5S. The zero-order chi connectivity index (χ0) is 17.8. The summed E-state index contributed by atoms with van der Waals surface area (Å²) in [5.74, 6) is 0.677. The molecule has 0 amide bonds. The summed E-state index contributed by atoms with van der Waals surface area (Å²) in [4.78, 5) is 12.3. The van der Waals surface area contributed by atoms with Crippen molar-refractivity contribution in [3.63, 3.8) is 0 Å². The predicted octanol–water partition coefficient (Wildman–Crippen LogP) is 0.220. The summed E-state index contributed by atoms with van der Waals surface area (Å²) in [6.07, 6.45) is 3.33. The van der Waals surface area contributed by atoms with Gasteiger partial charge in [-0.2, -0.15) is 0 Å². The molecule has 2 atom stereocenters. The Morgan fingerprint density at radius 2 is 2.00 bits per heavy atom. The fraction of sp³-hybridized carbons (Fsp3) is 0.421. The molecule has 0 bridgehead atoms. The number of benzene rings is 2. The van der Waals surface area contributed by atoms with E-state index in [4.69, 9.17) is 0 Å². The van der Waals surface area contributed by atoms with Crippen LogP contribution < -0.4 is 29.6 Å². The van der Waals surface area contributed by atoms with Gasteiger partial charge in [-0.15, -0.1) is 0 Å². The van der Waals surface area contributed by atoms with Gasteiger partial charge in [-0.25, -0.2) is 8.42 Å². The molecule has 0 aliphatic heterocycles. The number of hydrogen-bond acceptors (Lipinski definition) is 5. The van der Waals surface area contributed by atoms with Crippen molar-refractivity contribution in [1.29, 1.82) is 0 Å². The predicted molar refractivity (Wildman–Crippen MR) is 91.8 cm³/mol. The van der Waals surface area contributed by atoms with E-state index in [1.165, 1.54) is 11.1 Å². The van der Waals surface area contributed by atoms with Gasteiger partial charge in [-0.3, -0.25) is 8.98 Å². The molecule has 26 heavy (non-hydrogen) atoms. The average Bonchev–Trinajstić information content (AvgIpc) is 2.87. The maximum absolute atomic E-state index is 12.3. The zero-order valence-electron chi connectivity index (χ0n) is 14.9. The Hall–Kier alpha value is -0.760. The number of ketones is 1. The molecule has 2 aromatic carbocycles. The van der Waals surface area contributed by atoms with Crippen LogP contribution in [0.1, 0.15) is 48.8 Å². The third kappa shape index (κ3) is 3.39. The Balaban J connectivity index is 0.00000196. The quantitative estimate of drug-likeness (QED) is 0.431. The molecule has 0 spiro atoms. The van der Waals surface area contributed by atoms with Crippen molar-refractivity contribution >= 4 is 27.0 Å². The first-order valence-corrected chi connectivity index (χ1v) is 9.79. The van der Waals surface area contributed by atoms with E-state index in [-0.39, 0.29) is 41.6 Å². The van der Waals surface area contributed by atoms with E-state index in [9.17, 15) is 17.8 Å². The van der Waals surface area contributed by atoms with Crippen LogP contribution in [0, 0.1) is 5.41 Å². The Morgan fingerprint density at radius 1 is 1.23 bits per heavy atom. The Labute approximate surface area is 175 Å². The van der Waals surface area contributed by atoms with Crippen molar-refractivity contribution in [2.75, 3.05) is 0 Å². The number of rotatable bonds is 3. The second kappa shape index (κ2) is 7.00. The van der Waals surface area contributed by atoms with Crippen LogP contribution in [-0.2, 0) is 32.4 Å². The van der Waals surface area contributed by atoms with Gasteiger partial charge in [-0.05, 0) is 58.7 Å². The minimum absolute atomic E-state index is 0. The molecule has 5 nitrogen and oxygen atoms in total. The van der Waals surface area contributed by atoms with Gasteiger partial charge in [0, 0.05) is 11.8 Å². The van der Waals surface area contributed by atoms with Gasteiger partial charge in [0.05, 0.1) is 6.61 Å². The molecule has 0 unspecified atom stereocenters.